The third-order valence-electron chi connectivity index (χ3n) is 7.09. The van der Waals surface area contributed by atoms with Crippen LogP contribution in [0.25, 0.3) is 30.9 Å². The molecule has 1 aromatic heterocycles. The molecule has 176 valence electrons. The normalized spacial score (nSPS) is 11.4. The van der Waals surface area contributed by atoms with E-state index in [4.69, 9.17) is 0 Å². The molecule has 0 N–H and O–H groups in total. The minimum Gasteiger partial charge on any atom is -0.308 e. The van der Waals surface area contributed by atoms with Crippen molar-refractivity contribution < 1.29 is 0 Å². The van der Waals surface area contributed by atoms with Gasteiger partial charge in [0.25, 0.3) is 0 Å². The second-order valence-corrected chi connectivity index (χ2v) is 10.4. The summed E-state index contributed by atoms with van der Waals surface area (Å²) in [6.45, 7) is 0. The van der Waals surface area contributed by atoms with Crippen molar-refractivity contribution in [1.29, 1.82) is 0 Å². The second kappa shape index (κ2) is 9.24. The SMILES string of the molecule is c1ccc(Cc2cccc3c2sc2c(N(c4ccccc4)c4cccc5ccccc45)cccc23)cc1. The highest BCUT2D eigenvalue weighted by Gasteiger charge is 2.20. The Hall–Kier alpha value is -4.40. The molecule has 0 bridgehead atoms. The van der Waals surface area contributed by atoms with Gasteiger partial charge in [0.2, 0.25) is 0 Å². The fourth-order valence-corrected chi connectivity index (χ4v) is 6.70. The average Bonchev–Trinajstić information content (AvgIpc) is 3.35. The zero-order valence-electron chi connectivity index (χ0n) is 20.3. The number of hydrogen-bond acceptors (Lipinski definition) is 2. The topological polar surface area (TPSA) is 3.24 Å². The third-order valence-corrected chi connectivity index (χ3v) is 8.40. The minimum atomic E-state index is 0.937. The van der Waals surface area contributed by atoms with Crippen LogP contribution in [0.3, 0.4) is 0 Å². The summed E-state index contributed by atoms with van der Waals surface area (Å²) in [5, 5.41) is 5.14. The Morgan fingerprint density at radius 3 is 1.89 bits per heavy atom. The molecule has 1 heterocycles. The molecule has 37 heavy (non-hydrogen) atoms. The molecule has 0 saturated carbocycles. The number of para-hydroxylation sites is 1. The number of thiophene rings is 1. The molecule has 0 saturated heterocycles. The molecule has 0 fully saturated rings. The molecular formula is C35H25NS. The lowest BCUT2D eigenvalue weighted by atomic mass is 10.0. The zero-order valence-corrected chi connectivity index (χ0v) is 21.2. The van der Waals surface area contributed by atoms with Crippen molar-refractivity contribution >= 4 is 59.3 Å². The number of anilines is 3. The van der Waals surface area contributed by atoms with Gasteiger partial charge in [-0.1, -0.05) is 115 Å². The summed E-state index contributed by atoms with van der Waals surface area (Å²) in [6, 6.07) is 50.3. The van der Waals surface area contributed by atoms with E-state index in [1.807, 2.05) is 11.3 Å². The van der Waals surface area contributed by atoms with E-state index in [0.29, 0.717) is 0 Å². The zero-order chi connectivity index (χ0) is 24.6. The quantitative estimate of drug-likeness (QED) is 0.231. The van der Waals surface area contributed by atoms with Gasteiger partial charge in [-0.3, -0.25) is 0 Å². The number of nitrogens with zero attached hydrogens (tertiary/aromatic N) is 1. The van der Waals surface area contributed by atoms with Crippen LogP contribution in [0.4, 0.5) is 17.1 Å². The maximum absolute atomic E-state index is 2.43. The molecule has 0 aliphatic rings. The fourth-order valence-electron chi connectivity index (χ4n) is 5.38. The van der Waals surface area contributed by atoms with E-state index in [1.165, 1.54) is 53.4 Å². The summed E-state index contributed by atoms with van der Waals surface area (Å²) >= 11 is 1.92. The minimum absolute atomic E-state index is 0.937. The monoisotopic (exact) mass is 491 g/mol. The van der Waals surface area contributed by atoms with Crippen molar-refractivity contribution in [3.8, 4) is 0 Å². The Balaban J connectivity index is 1.48. The molecule has 0 aliphatic heterocycles. The molecule has 0 radical (unpaired) electrons. The van der Waals surface area contributed by atoms with Crippen molar-refractivity contribution in [2.24, 2.45) is 0 Å². The van der Waals surface area contributed by atoms with Gasteiger partial charge in [0, 0.05) is 26.5 Å². The number of hydrogen-bond donors (Lipinski definition) is 0. The molecule has 2 heteroatoms. The lowest BCUT2D eigenvalue weighted by Gasteiger charge is -2.27. The lowest BCUT2D eigenvalue weighted by Crippen LogP contribution is -2.10. The van der Waals surface area contributed by atoms with Crippen LogP contribution in [-0.4, -0.2) is 0 Å². The van der Waals surface area contributed by atoms with E-state index in [-0.39, 0.29) is 0 Å². The largest absolute Gasteiger partial charge is 0.308 e. The summed E-state index contributed by atoms with van der Waals surface area (Å²) in [7, 11) is 0. The van der Waals surface area contributed by atoms with Crippen LogP contribution in [0.1, 0.15) is 11.1 Å². The van der Waals surface area contributed by atoms with Gasteiger partial charge in [-0.15, -0.1) is 11.3 Å². The van der Waals surface area contributed by atoms with Gasteiger partial charge in [0.15, 0.2) is 0 Å². The van der Waals surface area contributed by atoms with Crippen molar-refractivity contribution in [1.82, 2.24) is 0 Å². The molecule has 7 rings (SSSR count). The Morgan fingerprint density at radius 2 is 1.05 bits per heavy atom. The number of benzene rings is 6. The molecule has 0 aliphatic carbocycles. The van der Waals surface area contributed by atoms with E-state index < -0.39 is 0 Å². The van der Waals surface area contributed by atoms with Crippen LogP contribution in [0.15, 0.2) is 140 Å². The third kappa shape index (κ3) is 3.87. The maximum atomic E-state index is 2.43. The van der Waals surface area contributed by atoms with E-state index in [0.717, 1.165) is 12.1 Å². The molecule has 6 aromatic carbocycles. The van der Waals surface area contributed by atoms with Gasteiger partial charge in [-0.25, -0.2) is 0 Å². The van der Waals surface area contributed by atoms with Gasteiger partial charge >= 0.3 is 0 Å². The van der Waals surface area contributed by atoms with Crippen LogP contribution in [0, 0.1) is 0 Å². The van der Waals surface area contributed by atoms with Gasteiger partial charge < -0.3 is 4.90 Å². The van der Waals surface area contributed by atoms with Crippen molar-refractivity contribution in [3.63, 3.8) is 0 Å². The van der Waals surface area contributed by atoms with Crippen LogP contribution < -0.4 is 4.90 Å². The Morgan fingerprint density at radius 1 is 0.459 bits per heavy atom. The standard InChI is InChI=1S/C35H25NS/c1-3-12-25(13-4-1)24-27-16-9-20-30-31-21-11-23-33(35(31)37-34(27)30)36(28-17-5-2-6-18-28)32-22-10-15-26-14-7-8-19-29(26)32/h1-23H,24H2. The van der Waals surface area contributed by atoms with Crippen LogP contribution >= 0.6 is 11.3 Å². The molecule has 0 amide bonds. The Kier molecular flexibility index (Phi) is 5.45. The van der Waals surface area contributed by atoms with Crippen molar-refractivity contribution in [2.45, 2.75) is 6.42 Å². The first kappa shape index (κ1) is 21.8. The highest BCUT2D eigenvalue weighted by atomic mass is 32.1. The van der Waals surface area contributed by atoms with Crippen LogP contribution in [0.2, 0.25) is 0 Å². The van der Waals surface area contributed by atoms with Gasteiger partial charge in [0.05, 0.1) is 16.1 Å². The van der Waals surface area contributed by atoms with E-state index in [2.05, 4.69) is 144 Å². The molecule has 1 nitrogen and oxygen atoms in total. The number of fused-ring (bicyclic) bond motifs is 4. The highest BCUT2D eigenvalue weighted by molar-refractivity contribution is 7.26. The van der Waals surface area contributed by atoms with Gasteiger partial charge in [-0.2, -0.15) is 0 Å². The first-order valence-electron chi connectivity index (χ1n) is 12.7. The first-order chi connectivity index (χ1) is 18.4. The van der Waals surface area contributed by atoms with Gasteiger partial charge in [0.1, 0.15) is 0 Å². The second-order valence-electron chi connectivity index (χ2n) is 9.38. The molecule has 7 aromatic rings. The van der Waals surface area contributed by atoms with Crippen LogP contribution in [-0.2, 0) is 6.42 Å². The summed E-state index contributed by atoms with van der Waals surface area (Å²) in [5.74, 6) is 0. The van der Waals surface area contributed by atoms with E-state index in [1.54, 1.807) is 0 Å². The summed E-state index contributed by atoms with van der Waals surface area (Å²) < 4.78 is 2.69. The Labute approximate surface area is 220 Å². The van der Waals surface area contributed by atoms with Crippen molar-refractivity contribution in [3.05, 3.63) is 151 Å². The summed E-state index contributed by atoms with van der Waals surface area (Å²) in [5.41, 5.74) is 6.29. The molecular weight excluding hydrogens is 466 g/mol. The van der Waals surface area contributed by atoms with E-state index in [9.17, 15) is 0 Å². The summed E-state index contributed by atoms with van der Waals surface area (Å²) in [4.78, 5) is 2.43. The van der Waals surface area contributed by atoms with Gasteiger partial charge in [-0.05, 0) is 47.2 Å². The summed E-state index contributed by atoms with van der Waals surface area (Å²) in [6.07, 6.45) is 0.937. The predicted molar refractivity (Wildman–Crippen MR) is 161 cm³/mol. The average molecular weight is 492 g/mol. The highest BCUT2D eigenvalue weighted by Crippen LogP contribution is 2.46. The smallest absolute Gasteiger partial charge is 0.0640 e. The Bertz CT molecular complexity index is 1850. The fraction of sp³-hybridized carbons (Fsp3) is 0.0286. The maximum Gasteiger partial charge on any atom is 0.0640 e. The van der Waals surface area contributed by atoms with Crippen LogP contribution in [0.5, 0.6) is 0 Å². The lowest BCUT2D eigenvalue weighted by molar-refractivity contribution is 1.22. The van der Waals surface area contributed by atoms with E-state index >= 15 is 0 Å². The molecule has 0 spiro atoms. The predicted octanol–water partition coefficient (Wildman–Crippen LogP) is 10.3. The molecule has 0 atom stereocenters. The molecule has 0 unspecified atom stereocenters. The first-order valence-corrected chi connectivity index (χ1v) is 13.5. The number of rotatable bonds is 5. The van der Waals surface area contributed by atoms with Crippen molar-refractivity contribution in [2.75, 3.05) is 4.90 Å².